The number of hydrogen-bond donors (Lipinski definition) is 2. The molecule has 0 bridgehead atoms. The summed E-state index contributed by atoms with van der Waals surface area (Å²) in [5, 5.41) is 3.47. The van der Waals surface area contributed by atoms with Crippen LogP contribution in [0.1, 0.15) is 18.4 Å². The number of benzene rings is 2. The zero-order chi connectivity index (χ0) is 28.4. The van der Waals surface area contributed by atoms with E-state index in [9.17, 15) is 22.0 Å². The minimum Gasteiger partial charge on any atom is -0.354 e. The number of fused-ring (bicyclic) bond motifs is 1. The first-order chi connectivity index (χ1) is 19.1. The third-order valence-electron chi connectivity index (χ3n) is 6.75. The molecule has 0 radical (unpaired) electrons. The number of hydrogen-bond acceptors (Lipinski definition) is 6. The lowest BCUT2D eigenvalue weighted by Gasteiger charge is -2.18. The first-order valence-corrected chi connectivity index (χ1v) is 14.1. The molecule has 0 saturated carbocycles. The predicted octanol–water partition coefficient (Wildman–Crippen LogP) is 4.02. The molecule has 3 heterocycles. The maximum Gasteiger partial charge on any atom is 0.301 e. The van der Waals surface area contributed by atoms with E-state index in [1.165, 1.54) is 24.9 Å². The summed E-state index contributed by atoms with van der Waals surface area (Å²) in [5.41, 5.74) is -0.869. The van der Waals surface area contributed by atoms with E-state index in [1.807, 2.05) is 35.1 Å². The van der Waals surface area contributed by atoms with E-state index in [0.29, 0.717) is 17.9 Å². The number of nitrogens with zero attached hydrogens (tertiary/aromatic N) is 4. The average Bonchev–Trinajstić information content (AvgIpc) is 3.39. The van der Waals surface area contributed by atoms with E-state index in [2.05, 4.69) is 15.3 Å². The van der Waals surface area contributed by atoms with Gasteiger partial charge >= 0.3 is 10.2 Å². The molecular weight excluding hydrogens is 545 g/mol. The molecule has 5 rings (SSSR count). The van der Waals surface area contributed by atoms with Gasteiger partial charge in [0.1, 0.15) is 17.6 Å². The summed E-state index contributed by atoms with van der Waals surface area (Å²) in [7, 11) is -2.87. The Morgan fingerprint density at radius 2 is 1.90 bits per heavy atom. The number of rotatable bonds is 9. The Balaban J connectivity index is 1.40. The van der Waals surface area contributed by atoms with Crippen molar-refractivity contribution in [3.63, 3.8) is 0 Å². The smallest absolute Gasteiger partial charge is 0.301 e. The van der Waals surface area contributed by atoms with E-state index in [0.717, 1.165) is 33.8 Å². The molecule has 2 aromatic carbocycles. The highest BCUT2D eigenvalue weighted by molar-refractivity contribution is 7.90. The number of pyridine rings is 1. The van der Waals surface area contributed by atoms with Gasteiger partial charge in [-0.2, -0.15) is 17.7 Å². The molecule has 9 nitrogen and oxygen atoms in total. The second kappa shape index (κ2) is 11.3. The van der Waals surface area contributed by atoms with Gasteiger partial charge in [-0.3, -0.25) is 14.1 Å². The van der Waals surface area contributed by atoms with Gasteiger partial charge in [-0.05, 0) is 43.0 Å². The first kappa shape index (κ1) is 27.6. The molecule has 1 atom stereocenters. The predicted molar refractivity (Wildman–Crippen MR) is 147 cm³/mol. The maximum absolute atomic E-state index is 15.5. The standard InChI is InChI=1S/C27H27F3N6O3S/c1-35-25-18(15-32-27(33-25)31-12-5-8-17-6-3-2-4-7-17)14-20(26(35)37)23-21(29)9-10-22(24(23)30)34-40(38,39)36-13-11-19(28)16-36/h2-4,6-7,9-10,14-15,19,34H,5,8,11-13,16H2,1H3,(H,31,32,33). The van der Waals surface area contributed by atoms with Crippen LogP contribution in [0.3, 0.4) is 0 Å². The van der Waals surface area contributed by atoms with Crippen LogP contribution in [0.4, 0.5) is 24.8 Å². The largest absolute Gasteiger partial charge is 0.354 e. The number of aromatic nitrogens is 3. The highest BCUT2D eigenvalue weighted by Gasteiger charge is 2.32. The van der Waals surface area contributed by atoms with Crippen molar-refractivity contribution in [3.8, 4) is 11.1 Å². The third kappa shape index (κ3) is 5.65. The van der Waals surface area contributed by atoms with Gasteiger partial charge in [-0.25, -0.2) is 18.2 Å². The van der Waals surface area contributed by atoms with E-state index in [4.69, 9.17) is 0 Å². The zero-order valence-corrected chi connectivity index (χ0v) is 22.4. The Morgan fingerprint density at radius 1 is 1.12 bits per heavy atom. The van der Waals surface area contributed by atoms with Crippen LogP contribution in [-0.4, -0.2) is 53.1 Å². The fraction of sp³-hybridized carbons (Fsp3) is 0.296. The second-order valence-electron chi connectivity index (χ2n) is 9.55. The minimum atomic E-state index is -4.29. The zero-order valence-electron chi connectivity index (χ0n) is 21.6. The molecule has 1 aliphatic rings. The van der Waals surface area contributed by atoms with Crippen LogP contribution in [0.2, 0.25) is 0 Å². The van der Waals surface area contributed by atoms with Crippen molar-refractivity contribution in [1.82, 2.24) is 18.8 Å². The SMILES string of the molecule is Cn1c(=O)c(-c2c(F)ccc(NS(=O)(=O)N3CCC(F)C3)c2F)cc2cnc(NCCCc3ccccc3)nc21. The van der Waals surface area contributed by atoms with Crippen LogP contribution in [-0.2, 0) is 23.7 Å². The lowest BCUT2D eigenvalue weighted by molar-refractivity contribution is 0.343. The van der Waals surface area contributed by atoms with Crippen LogP contribution < -0.4 is 15.6 Å². The molecule has 2 aromatic heterocycles. The Labute approximate surface area is 228 Å². The summed E-state index contributed by atoms with van der Waals surface area (Å²) < 4.78 is 73.3. The lowest BCUT2D eigenvalue weighted by atomic mass is 10.0. The third-order valence-corrected chi connectivity index (χ3v) is 8.24. The summed E-state index contributed by atoms with van der Waals surface area (Å²) in [4.78, 5) is 21.9. The molecule has 4 aromatic rings. The van der Waals surface area contributed by atoms with Gasteiger partial charge < -0.3 is 5.32 Å². The molecule has 1 fully saturated rings. The summed E-state index contributed by atoms with van der Waals surface area (Å²) in [6, 6.07) is 13.1. The van der Waals surface area contributed by atoms with Crippen molar-refractivity contribution in [3.05, 3.63) is 82.3 Å². The molecule has 13 heteroatoms. The Bertz CT molecular complexity index is 1720. The topological polar surface area (TPSA) is 109 Å². The Morgan fingerprint density at radius 3 is 2.62 bits per heavy atom. The van der Waals surface area contributed by atoms with Crippen molar-refractivity contribution in [2.24, 2.45) is 7.05 Å². The molecule has 1 saturated heterocycles. The van der Waals surface area contributed by atoms with E-state index < -0.39 is 44.8 Å². The van der Waals surface area contributed by atoms with Gasteiger partial charge in [0.2, 0.25) is 5.95 Å². The molecule has 0 spiro atoms. The molecule has 0 amide bonds. The summed E-state index contributed by atoms with van der Waals surface area (Å²) in [6.07, 6.45) is 1.84. The normalized spacial score (nSPS) is 15.9. The van der Waals surface area contributed by atoms with Crippen LogP contribution in [0.15, 0.2) is 59.5 Å². The molecule has 210 valence electrons. The Kier molecular flexibility index (Phi) is 7.76. The Hall–Kier alpha value is -3.97. The number of alkyl halides is 1. The second-order valence-corrected chi connectivity index (χ2v) is 11.2. The van der Waals surface area contributed by atoms with Gasteiger partial charge in [0.15, 0.2) is 5.82 Å². The monoisotopic (exact) mass is 572 g/mol. The van der Waals surface area contributed by atoms with E-state index >= 15 is 4.39 Å². The van der Waals surface area contributed by atoms with Gasteiger partial charge in [0.25, 0.3) is 5.56 Å². The molecule has 0 aliphatic carbocycles. The lowest BCUT2D eigenvalue weighted by Crippen LogP contribution is -2.34. The van der Waals surface area contributed by atoms with Gasteiger partial charge in [0, 0.05) is 38.3 Å². The molecular formula is C27H27F3N6O3S. The van der Waals surface area contributed by atoms with Crippen molar-refractivity contribution in [1.29, 1.82) is 0 Å². The van der Waals surface area contributed by atoms with Gasteiger partial charge in [0.05, 0.1) is 16.8 Å². The molecule has 1 aliphatic heterocycles. The molecule has 1 unspecified atom stereocenters. The number of nitrogens with one attached hydrogen (secondary N) is 2. The highest BCUT2D eigenvalue weighted by atomic mass is 32.2. The fourth-order valence-corrected chi connectivity index (χ4v) is 5.90. The van der Waals surface area contributed by atoms with Gasteiger partial charge in [-0.1, -0.05) is 30.3 Å². The van der Waals surface area contributed by atoms with Crippen LogP contribution in [0.5, 0.6) is 0 Å². The molecule has 2 N–H and O–H groups in total. The molecule has 40 heavy (non-hydrogen) atoms. The van der Waals surface area contributed by atoms with Crippen LogP contribution >= 0.6 is 0 Å². The highest BCUT2D eigenvalue weighted by Crippen LogP contribution is 2.31. The van der Waals surface area contributed by atoms with Crippen molar-refractivity contribution in [2.75, 3.05) is 29.7 Å². The van der Waals surface area contributed by atoms with E-state index in [1.54, 1.807) is 0 Å². The van der Waals surface area contributed by atoms with Crippen LogP contribution in [0.25, 0.3) is 22.2 Å². The summed E-state index contributed by atoms with van der Waals surface area (Å²) in [5.74, 6) is -2.03. The number of aryl methyl sites for hydroxylation is 2. The van der Waals surface area contributed by atoms with Crippen molar-refractivity contribution < 1.29 is 21.6 Å². The number of anilines is 2. The minimum absolute atomic E-state index is 0.0260. The summed E-state index contributed by atoms with van der Waals surface area (Å²) >= 11 is 0. The summed E-state index contributed by atoms with van der Waals surface area (Å²) in [6.45, 7) is 0.163. The van der Waals surface area contributed by atoms with E-state index in [-0.39, 0.29) is 30.7 Å². The first-order valence-electron chi connectivity index (χ1n) is 12.7. The number of halogens is 3. The van der Waals surface area contributed by atoms with Crippen molar-refractivity contribution >= 4 is 32.9 Å². The van der Waals surface area contributed by atoms with Crippen LogP contribution in [0, 0.1) is 11.6 Å². The maximum atomic E-state index is 15.5. The fourth-order valence-electron chi connectivity index (χ4n) is 4.64. The average molecular weight is 573 g/mol. The van der Waals surface area contributed by atoms with Crippen molar-refractivity contribution in [2.45, 2.75) is 25.4 Å². The quantitative estimate of drug-likeness (QED) is 0.294. The van der Waals surface area contributed by atoms with Gasteiger partial charge in [-0.15, -0.1) is 0 Å².